The number of nitrogens with zero attached hydrogens (tertiary/aromatic N) is 1. The van der Waals surface area contributed by atoms with Gasteiger partial charge in [0.25, 0.3) is 0 Å². The Morgan fingerprint density at radius 2 is 1.40 bits per heavy atom. The molecule has 4 atom stereocenters. The van der Waals surface area contributed by atoms with Gasteiger partial charge in [-0.2, -0.15) is 0 Å². The minimum atomic E-state index is -1.04. The van der Waals surface area contributed by atoms with Crippen LogP contribution in [0.2, 0.25) is 0 Å². The predicted octanol–water partition coefficient (Wildman–Crippen LogP) is -0.102. The first-order valence-corrected chi connectivity index (χ1v) is 14.7. The summed E-state index contributed by atoms with van der Waals surface area (Å²) in [6, 6.07) is 5.10. The van der Waals surface area contributed by atoms with Gasteiger partial charge in [0.2, 0.25) is 29.5 Å². The summed E-state index contributed by atoms with van der Waals surface area (Å²) in [6.07, 6.45) is 3.55. The molecule has 13 nitrogen and oxygen atoms in total. The second kappa shape index (κ2) is 18.2. The van der Waals surface area contributed by atoms with Gasteiger partial charge in [0.15, 0.2) is 5.96 Å². The van der Waals surface area contributed by atoms with Crippen molar-refractivity contribution >= 4 is 35.5 Å². The van der Waals surface area contributed by atoms with Gasteiger partial charge in [0, 0.05) is 13.0 Å². The second-order valence-corrected chi connectivity index (χ2v) is 10.8. The minimum absolute atomic E-state index is 0.0940. The van der Waals surface area contributed by atoms with E-state index < -0.39 is 60.2 Å². The van der Waals surface area contributed by atoms with Crippen LogP contribution in [0.5, 0.6) is 0 Å². The molecular weight excluding hydrogens is 552 g/mol. The maximum atomic E-state index is 13.7. The lowest BCUT2D eigenvalue weighted by Gasteiger charge is -2.26. The number of nitrogens with two attached hydrogens (primary N) is 2. The molecule has 13 heteroatoms. The average molecular weight is 599 g/mol. The molecule has 2 rings (SSSR count). The number of hydrogen-bond donors (Lipinski definition) is 7. The van der Waals surface area contributed by atoms with Crippen LogP contribution in [0.3, 0.4) is 0 Å². The van der Waals surface area contributed by atoms with Crippen molar-refractivity contribution in [1.82, 2.24) is 26.6 Å². The van der Waals surface area contributed by atoms with Gasteiger partial charge < -0.3 is 38.1 Å². The van der Waals surface area contributed by atoms with Crippen LogP contribution in [0.1, 0.15) is 64.4 Å². The third kappa shape index (κ3) is 13.0. The zero-order valence-corrected chi connectivity index (χ0v) is 25.1. The number of unbranched alkanes of at least 4 members (excludes halogenated alkanes) is 2. The number of rotatable bonds is 12. The fraction of sp³-hybridized carbons (Fsp3) is 0.533. The van der Waals surface area contributed by atoms with Gasteiger partial charge >= 0.3 is 0 Å². The summed E-state index contributed by atoms with van der Waals surface area (Å²) < 4.78 is 0. The molecule has 0 spiro atoms. The first-order valence-electron chi connectivity index (χ1n) is 14.7. The van der Waals surface area contributed by atoms with Crippen molar-refractivity contribution in [3.05, 3.63) is 48.0 Å². The van der Waals surface area contributed by atoms with Crippen LogP contribution >= 0.6 is 0 Å². The molecule has 1 aromatic rings. The summed E-state index contributed by atoms with van der Waals surface area (Å²) in [5, 5.41) is 13.5. The Hall–Kier alpha value is -4.42. The summed E-state index contributed by atoms with van der Waals surface area (Å²) in [4.78, 5) is 70.4. The number of nitrogens with one attached hydrogen (secondary N) is 5. The zero-order chi connectivity index (χ0) is 31.8. The summed E-state index contributed by atoms with van der Waals surface area (Å²) in [7, 11) is 0. The SMILES string of the molecule is C=C(C)CC1NC(=O)CNC(=O)C(CCCN=C(N)N)NC(=O)C(CCCCC)NC(=O)C(Cc2ccccc2)NC1=O. The standard InChI is InChI=1S/C30H46N8O5/c1-4-5-7-13-22-27(41)36-21(14-10-15-33-30(31)32)26(40)34-18-25(39)35-23(16-19(2)3)28(42)38-24(29(43)37-22)17-20-11-8-6-9-12-20/h6,8-9,11-12,21-24H,2,4-5,7,10,13-18H2,1,3H3,(H,34,40)(H,35,39)(H,36,41)(H,37,43)(H,38,42)(H4,31,32,33). The highest BCUT2D eigenvalue weighted by Crippen LogP contribution is 2.10. The van der Waals surface area contributed by atoms with E-state index in [4.69, 9.17) is 11.5 Å². The first-order chi connectivity index (χ1) is 20.5. The third-order valence-electron chi connectivity index (χ3n) is 6.85. The van der Waals surface area contributed by atoms with Gasteiger partial charge in [-0.3, -0.25) is 29.0 Å². The second-order valence-electron chi connectivity index (χ2n) is 10.8. The summed E-state index contributed by atoms with van der Waals surface area (Å²) in [6.45, 7) is 7.40. The number of aliphatic imine (C=N–C) groups is 1. The quantitative estimate of drug-likeness (QED) is 0.0751. The molecule has 5 amide bonds. The molecule has 0 radical (unpaired) electrons. The lowest BCUT2D eigenvalue weighted by Crippen LogP contribution is -2.58. The van der Waals surface area contributed by atoms with Gasteiger partial charge in [-0.05, 0) is 38.2 Å². The van der Waals surface area contributed by atoms with E-state index in [1.54, 1.807) is 6.92 Å². The van der Waals surface area contributed by atoms with Crippen LogP contribution in [0, 0.1) is 0 Å². The Bertz CT molecular complexity index is 1150. The summed E-state index contributed by atoms with van der Waals surface area (Å²) in [5.74, 6) is -2.99. The number of guanidine groups is 1. The fourth-order valence-electron chi connectivity index (χ4n) is 4.61. The number of carbonyl (C=O) groups is 5. The zero-order valence-electron chi connectivity index (χ0n) is 25.1. The van der Waals surface area contributed by atoms with E-state index in [1.807, 2.05) is 37.3 Å². The van der Waals surface area contributed by atoms with Crippen LogP contribution in [0.4, 0.5) is 0 Å². The van der Waals surface area contributed by atoms with Crippen molar-refractivity contribution in [3.8, 4) is 0 Å². The smallest absolute Gasteiger partial charge is 0.243 e. The normalized spacial score (nSPS) is 22.0. The van der Waals surface area contributed by atoms with Crippen molar-refractivity contribution in [2.75, 3.05) is 13.1 Å². The highest BCUT2D eigenvalue weighted by atomic mass is 16.2. The molecule has 4 unspecified atom stereocenters. The van der Waals surface area contributed by atoms with E-state index in [0.717, 1.165) is 18.4 Å². The molecule has 1 aliphatic rings. The Labute approximate surface area is 253 Å². The Morgan fingerprint density at radius 3 is 2.02 bits per heavy atom. The highest BCUT2D eigenvalue weighted by molar-refractivity contribution is 5.97. The molecule has 0 aromatic heterocycles. The molecule has 1 saturated heterocycles. The summed E-state index contributed by atoms with van der Waals surface area (Å²) >= 11 is 0. The van der Waals surface area contributed by atoms with Gasteiger partial charge in [-0.15, -0.1) is 6.58 Å². The van der Waals surface area contributed by atoms with Crippen molar-refractivity contribution in [1.29, 1.82) is 0 Å². The van der Waals surface area contributed by atoms with Crippen LogP contribution in [0.15, 0.2) is 47.5 Å². The van der Waals surface area contributed by atoms with E-state index in [9.17, 15) is 24.0 Å². The predicted molar refractivity (Wildman–Crippen MR) is 164 cm³/mol. The monoisotopic (exact) mass is 598 g/mol. The van der Waals surface area contributed by atoms with Gasteiger partial charge in [0.05, 0.1) is 6.54 Å². The first kappa shape index (κ1) is 34.8. The topological polar surface area (TPSA) is 210 Å². The van der Waals surface area contributed by atoms with E-state index in [1.165, 1.54) is 0 Å². The van der Waals surface area contributed by atoms with Gasteiger partial charge in [-0.25, -0.2) is 0 Å². The Morgan fingerprint density at radius 1 is 0.814 bits per heavy atom. The molecule has 0 saturated carbocycles. The Balaban J connectivity index is 2.44. The van der Waals surface area contributed by atoms with Gasteiger partial charge in [-0.1, -0.05) is 62.1 Å². The largest absolute Gasteiger partial charge is 0.370 e. The van der Waals surface area contributed by atoms with Crippen LogP contribution in [-0.4, -0.2) is 72.8 Å². The Kier molecular flexibility index (Phi) is 14.7. The third-order valence-corrected chi connectivity index (χ3v) is 6.85. The molecule has 43 heavy (non-hydrogen) atoms. The van der Waals surface area contributed by atoms with E-state index in [2.05, 4.69) is 38.2 Å². The van der Waals surface area contributed by atoms with Crippen LogP contribution in [0.25, 0.3) is 0 Å². The molecule has 0 aliphatic carbocycles. The maximum Gasteiger partial charge on any atom is 0.243 e. The summed E-state index contributed by atoms with van der Waals surface area (Å²) in [5.41, 5.74) is 12.2. The molecule has 1 aromatic carbocycles. The van der Waals surface area contributed by atoms with Crippen LogP contribution < -0.4 is 38.1 Å². The number of carbonyl (C=O) groups excluding carboxylic acids is 5. The maximum absolute atomic E-state index is 13.7. The average Bonchev–Trinajstić information content (AvgIpc) is 2.95. The fourth-order valence-corrected chi connectivity index (χ4v) is 4.61. The molecule has 1 fully saturated rings. The molecule has 9 N–H and O–H groups in total. The number of amides is 5. The number of hydrogen-bond acceptors (Lipinski definition) is 6. The molecule has 0 bridgehead atoms. The molecule has 236 valence electrons. The van der Waals surface area contributed by atoms with E-state index in [0.29, 0.717) is 24.8 Å². The van der Waals surface area contributed by atoms with Crippen LogP contribution in [-0.2, 0) is 30.4 Å². The highest BCUT2D eigenvalue weighted by Gasteiger charge is 2.32. The van der Waals surface area contributed by atoms with Gasteiger partial charge in [0.1, 0.15) is 24.2 Å². The van der Waals surface area contributed by atoms with Crippen molar-refractivity contribution < 1.29 is 24.0 Å². The van der Waals surface area contributed by atoms with Crippen molar-refractivity contribution in [2.45, 2.75) is 89.4 Å². The molecule has 1 aliphatic heterocycles. The number of benzene rings is 1. The lowest BCUT2D eigenvalue weighted by atomic mass is 10.0. The van der Waals surface area contributed by atoms with E-state index >= 15 is 0 Å². The molecule has 1 heterocycles. The van der Waals surface area contributed by atoms with Crippen molar-refractivity contribution in [3.63, 3.8) is 0 Å². The lowest BCUT2D eigenvalue weighted by molar-refractivity contribution is -0.134. The van der Waals surface area contributed by atoms with Crippen molar-refractivity contribution in [2.24, 2.45) is 16.5 Å². The van der Waals surface area contributed by atoms with E-state index in [-0.39, 0.29) is 31.8 Å². The molecular formula is C30H46N8O5. The minimum Gasteiger partial charge on any atom is -0.370 e.